The van der Waals surface area contributed by atoms with Crippen molar-refractivity contribution in [1.82, 2.24) is 0 Å². The third kappa shape index (κ3) is 2.74. The van der Waals surface area contributed by atoms with Gasteiger partial charge in [0, 0.05) is 21.7 Å². The molecular formula is C32H56. The zero-order chi connectivity index (χ0) is 23.6. The Hall–Kier alpha value is -0.520. The van der Waals surface area contributed by atoms with E-state index in [1.807, 2.05) is 22.3 Å². The number of allylic oxidation sites excluding steroid dienone is 4. The average molecular weight is 441 g/mol. The van der Waals surface area contributed by atoms with Gasteiger partial charge in [0.15, 0.2) is 0 Å². The molecule has 184 valence electrons. The molecule has 32 heavy (non-hydrogen) atoms. The van der Waals surface area contributed by atoms with Crippen LogP contribution in [-0.2, 0) is 0 Å². The zero-order valence-electron chi connectivity index (χ0n) is 23.3. The molecule has 1 fully saturated rings. The van der Waals surface area contributed by atoms with Crippen molar-refractivity contribution in [2.75, 3.05) is 0 Å². The third-order valence-corrected chi connectivity index (χ3v) is 10.1. The molecule has 1 saturated carbocycles. The summed E-state index contributed by atoms with van der Waals surface area (Å²) in [4.78, 5) is 0. The van der Waals surface area contributed by atoms with Crippen LogP contribution >= 0.6 is 0 Å². The maximum Gasteiger partial charge on any atom is 0.0200 e. The van der Waals surface area contributed by atoms with Crippen LogP contribution in [0.15, 0.2) is 22.3 Å². The molecule has 0 bridgehead atoms. The number of fused-ring (bicyclic) bond motifs is 1. The molecule has 0 aromatic heterocycles. The Bertz CT molecular complexity index is 668. The van der Waals surface area contributed by atoms with E-state index in [9.17, 15) is 0 Å². The molecule has 3 rings (SSSR count). The highest BCUT2D eigenvalue weighted by Crippen LogP contribution is 3.02. The van der Waals surface area contributed by atoms with Gasteiger partial charge in [0.2, 0.25) is 0 Å². The minimum atomic E-state index is 0.406. The molecule has 0 aromatic carbocycles. The van der Waals surface area contributed by atoms with E-state index < -0.39 is 0 Å². The van der Waals surface area contributed by atoms with Crippen LogP contribution in [0.1, 0.15) is 158 Å². The van der Waals surface area contributed by atoms with Gasteiger partial charge in [0.05, 0.1) is 0 Å². The van der Waals surface area contributed by atoms with Crippen molar-refractivity contribution >= 4 is 0 Å². The minimum Gasteiger partial charge on any atom is -0.0654 e. The highest BCUT2D eigenvalue weighted by Gasteiger charge is 2.96. The first kappa shape index (κ1) is 26.1. The molecular weight excluding hydrogens is 384 g/mol. The molecule has 0 spiro atoms. The van der Waals surface area contributed by atoms with E-state index in [4.69, 9.17) is 0 Å². The summed E-state index contributed by atoms with van der Waals surface area (Å²) >= 11 is 0. The normalized spacial score (nSPS) is 35.2. The molecule has 0 heterocycles. The van der Waals surface area contributed by atoms with E-state index in [-0.39, 0.29) is 0 Å². The lowest BCUT2D eigenvalue weighted by molar-refractivity contribution is 0.158. The largest absolute Gasteiger partial charge is 0.0654 e. The summed E-state index contributed by atoms with van der Waals surface area (Å²) < 4.78 is 0. The van der Waals surface area contributed by atoms with Crippen LogP contribution in [-0.4, -0.2) is 0 Å². The Labute approximate surface area is 202 Å². The molecule has 0 aliphatic heterocycles. The molecule has 0 heteroatoms. The van der Waals surface area contributed by atoms with Crippen LogP contribution in [0.4, 0.5) is 0 Å². The molecule has 0 atom stereocenters. The second-order valence-corrected chi connectivity index (χ2v) is 11.5. The summed E-state index contributed by atoms with van der Waals surface area (Å²) in [6.07, 6.45) is 22.0. The Morgan fingerprint density at radius 3 is 1.03 bits per heavy atom. The highest BCUT2D eigenvalue weighted by molar-refractivity contribution is 5.70. The summed E-state index contributed by atoms with van der Waals surface area (Å²) in [5.74, 6) is 0. The standard InChI is InChI=1S/C32H56/c1-9-17-25-27(19-11-3)30(22-14-6)31(23-15-7)28(20-12-4)26(18-10-2)29(25,21-13-5)32(30,31)24-16-8/h9-24H2,1-8H3. The van der Waals surface area contributed by atoms with Gasteiger partial charge in [-0.25, -0.2) is 0 Å². The van der Waals surface area contributed by atoms with Gasteiger partial charge in [-0.1, -0.05) is 129 Å². The van der Waals surface area contributed by atoms with Crippen LogP contribution in [0.25, 0.3) is 0 Å². The fourth-order valence-corrected chi connectivity index (χ4v) is 10.5. The molecule has 0 nitrogen and oxygen atoms in total. The third-order valence-electron chi connectivity index (χ3n) is 10.1. The van der Waals surface area contributed by atoms with Gasteiger partial charge < -0.3 is 0 Å². The van der Waals surface area contributed by atoms with Gasteiger partial charge in [-0.05, 0) is 51.4 Å². The molecule has 0 amide bonds. The second-order valence-electron chi connectivity index (χ2n) is 11.5. The summed E-state index contributed by atoms with van der Waals surface area (Å²) in [7, 11) is 0. The van der Waals surface area contributed by atoms with E-state index >= 15 is 0 Å². The van der Waals surface area contributed by atoms with Gasteiger partial charge in [0.1, 0.15) is 0 Å². The number of hydrogen-bond donors (Lipinski definition) is 0. The van der Waals surface area contributed by atoms with Gasteiger partial charge in [-0.15, -0.1) is 0 Å². The van der Waals surface area contributed by atoms with Gasteiger partial charge in [-0.3, -0.25) is 0 Å². The zero-order valence-corrected chi connectivity index (χ0v) is 23.3. The van der Waals surface area contributed by atoms with E-state index in [1.165, 1.54) is 103 Å². The van der Waals surface area contributed by atoms with Crippen LogP contribution < -0.4 is 0 Å². The maximum absolute atomic E-state index is 2.50. The monoisotopic (exact) mass is 440 g/mol. The van der Waals surface area contributed by atoms with E-state index in [0.29, 0.717) is 21.7 Å². The van der Waals surface area contributed by atoms with Crippen molar-refractivity contribution in [3.63, 3.8) is 0 Å². The van der Waals surface area contributed by atoms with E-state index in [2.05, 4.69) is 55.4 Å². The first-order valence-corrected chi connectivity index (χ1v) is 15.0. The van der Waals surface area contributed by atoms with Crippen molar-refractivity contribution < 1.29 is 0 Å². The second kappa shape index (κ2) is 10.00. The number of rotatable bonds is 16. The Kier molecular flexibility index (Phi) is 8.15. The average Bonchev–Trinajstić information content (AvgIpc) is 3.13. The fraction of sp³-hybridized carbons (Fsp3) is 0.875. The maximum atomic E-state index is 2.50. The Balaban J connectivity index is 2.48. The van der Waals surface area contributed by atoms with Crippen LogP contribution in [0.5, 0.6) is 0 Å². The molecule has 0 saturated heterocycles. The van der Waals surface area contributed by atoms with Crippen molar-refractivity contribution in [3.8, 4) is 0 Å². The highest BCUT2D eigenvalue weighted by atomic mass is 15.0. The van der Waals surface area contributed by atoms with Gasteiger partial charge in [-0.2, -0.15) is 0 Å². The molecule has 3 aliphatic rings. The van der Waals surface area contributed by atoms with Crippen LogP contribution in [0.3, 0.4) is 0 Å². The van der Waals surface area contributed by atoms with Crippen molar-refractivity contribution in [1.29, 1.82) is 0 Å². The first-order valence-electron chi connectivity index (χ1n) is 15.0. The predicted molar refractivity (Wildman–Crippen MR) is 143 cm³/mol. The van der Waals surface area contributed by atoms with Gasteiger partial charge in [0.25, 0.3) is 0 Å². The van der Waals surface area contributed by atoms with Gasteiger partial charge >= 0.3 is 0 Å². The summed E-state index contributed by atoms with van der Waals surface area (Å²) in [6, 6.07) is 0. The molecule has 0 unspecified atom stereocenters. The summed E-state index contributed by atoms with van der Waals surface area (Å²) in [5.41, 5.74) is 9.93. The fourth-order valence-electron chi connectivity index (χ4n) is 10.5. The van der Waals surface area contributed by atoms with Crippen LogP contribution in [0, 0.1) is 21.7 Å². The summed E-state index contributed by atoms with van der Waals surface area (Å²) in [5, 5.41) is 0. The molecule has 0 aromatic rings. The van der Waals surface area contributed by atoms with Crippen molar-refractivity contribution in [2.45, 2.75) is 158 Å². The smallest absolute Gasteiger partial charge is 0.0200 e. The SMILES string of the molecule is CCCC1=C(CCC)C2(CCC)C3(CCC)C(CCC)=C(CCC)C1(CCC)C23CCC. The molecule has 0 radical (unpaired) electrons. The lowest BCUT2D eigenvalue weighted by Crippen LogP contribution is -2.35. The number of hydrogen-bond acceptors (Lipinski definition) is 0. The molecule has 0 N–H and O–H groups in total. The lowest BCUT2D eigenvalue weighted by atomic mass is 9.59. The molecule has 3 aliphatic carbocycles. The van der Waals surface area contributed by atoms with Crippen molar-refractivity contribution in [3.05, 3.63) is 22.3 Å². The summed E-state index contributed by atoms with van der Waals surface area (Å²) in [6.45, 7) is 19.8. The Morgan fingerprint density at radius 2 is 0.719 bits per heavy atom. The van der Waals surface area contributed by atoms with Crippen LogP contribution in [0.2, 0.25) is 0 Å². The predicted octanol–water partition coefficient (Wildman–Crippen LogP) is 11.0. The first-order chi connectivity index (χ1) is 15.5. The quantitative estimate of drug-likeness (QED) is 0.209. The van der Waals surface area contributed by atoms with E-state index in [1.54, 1.807) is 0 Å². The lowest BCUT2D eigenvalue weighted by Gasteiger charge is -2.43. The Morgan fingerprint density at radius 1 is 0.375 bits per heavy atom. The van der Waals surface area contributed by atoms with E-state index in [0.717, 1.165) is 0 Å². The topological polar surface area (TPSA) is 0 Å². The minimum absolute atomic E-state index is 0.406. The van der Waals surface area contributed by atoms with Crippen molar-refractivity contribution in [2.24, 2.45) is 21.7 Å².